The van der Waals surface area contributed by atoms with Gasteiger partial charge in [0.2, 0.25) is 5.91 Å². The highest BCUT2D eigenvalue weighted by Crippen LogP contribution is 2.28. The Morgan fingerprint density at radius 3 is 2.50 bits per heavy atom. The first-order valence-electron chi connectivity index (χ1n) is 4.92. The van der Waals surface area contributed by atoms with Crippen LogP contribution in [-0.4, -0.2) is 30.8 Å². The first kappa shape index (κ1) is 11.4. The third kappa shape index (κ3) is 2.04. The van der Waals surface area contributed by atoms with Gasteiger partial charge in [-0.15, -0.1) is 0 Å². The number of carbonyl (C=O) groups excluding carboxylic acids is 1. The number of nitrogens with one attached hydrogen (secondary N) is 1. The van der Waals surface area contributed by atoms with Crippen LogP contribution >= 0.6 is 11.6 Å². The molecule has 1 aromatic carbocycles. The Bertz CT molecular complexity index is 381. The minimum atomic E-state index is -0.778. The number of anilines is 1. The molecule has 0 aromatic heterocycles. The molecule has 86 valence electrons. The predicted octanol–water partition coefficient (Wildman–Crippen LogP) is 1.29. The number of aliphatic hydroxyl groups excluding tert-OH is 1. The highest BCUT2D eigenvalue weighted by atomic mass is 35.5. The summed E-state index contributed by atoms with van der Waals surface area (Å²) >= 11 is 5.73. The van der Waals surface area contributed by atoms with Crippen molar-refractivity contribution in [3.63, 3.8) is 0 Å². The van der Waals surface area contributed by atoms with Crippen LogP contribution in [0.3, 0.4) is 0 Å². The molecule has 16 heavy (non-hydrogen) atoms. The molecule has 1 fully saturated rings. The van der Waals surface area contributed by atoms with E-state index in [0.29, 0.717) is 10.7 Å². The van der Waals surface area contributed by atoms with E-state index in [-0.39, 0.29) is 25.7 Å². The summed E-state index contributed by atoms with van der Waals surface area (Å²) < 4.78 is 4.97. The predicted molar refractivity (Wildman–Crippen MR) is 60.4 cm³/mol. The second-order valence-electron chi connectivity index (χ2n) is 3.89. The van der Waals surface area contributed by atoms with E-state index < -0.39 is 5.41 Å². The van der Waals surface area contributed by atoms with Crippen molar-refractivity contribution in [3.8, 4) is 0 Å². The van der Waals surface area contributed by atoms with Gasteiger partial charge in [0.25, 0.3) is 0 Å². The third-order valence-corrected chi connectivity index (χ3v) is 2.90. The van der Waals surface area contributed by atoms with Crippen molar-refractivity contribution >= 4 is 23.2 Å². The molecule has 1 saturated heterocycles. The summed E-state index contributed by atoms with van der Waals surface area (Å²) in [4.78, 5) is 11.8. The zero-order chi connectivity index (χ0) is 11.6. The number of hydrogen-bond acceptors (Lipinski definition) is 3. The van der Waals surface area contributed by atoms with Gasteiger partial charge in [-0.1, -0.05) is 11.6 Å². The minimum absolute atomic E-state index is 0.202. The molecule has 0 unspecified atom stereocenters. The molecule has 2 N–H and O–H groups in total. The van der Waals surface area contributed by atoms with Crippen molar-refractivity contribution in [3.05, 3.63) is 29.3 Å². The van der Waals surface area contributed by atoms with Gasteiger partial charge in [-0.3, -0.25) is 4.79 Å². The van der Waals surface area contributed by atoms with Gasteiger partial charge in [-0.2, -0.15) is 0 Å². The smallest absolute Gasteiger partial charge is 0.237 e. The van der Waals surface area contributed by atoms with Gasteiger partial charge in [0, 0.05) is 10.7 Å². The molecule has 1 aromatic rings. The number of halogens is 1. The van der Waals surface area contributed by atoms with E-state index in [4.69, 9.17) is 21.4 Å². The third-order valence-electron chi connectivity index (χ3n) is 2.64. The lowest BCUT2D eigenvalue weighted by atomic mass is 9.86. The maximum absolute atomic E-state index is 11.8. The summed E-state index contributed by atoms with van der Waals surface area (Å²) in [6.07, 6.45) is 0. The van der Waals surface area contributed by atoms with Crippen molar-refractivity contribution < 1.29 is 14.6 Å². The van der Waals surface area contributed by atoms with Gasteiger partial charge in [0.05, 0.1) is 19.8 Å². The summed E-state index contributed by atoms with van der Waals surface area (Å²) in [5.74, 6) is -0.219. The number of amides is 1. The Kier molecular flexibility index (Phi) is 3.14. The van der Waals surface area contributed by atoms with Crippen LogP contribution in [0.15, 0.2) is 24.3 Å². The maximum Gasteiger partial charge on any atom is 0.237 e. The molecule has 2 rings (SSSR count). The molecule has 0 bridgehead atoms. The molecule has 0 radical (unpaired) electrons. The van der Waals surface area contributed by atoms with Crippen molar-refractivity contribution in [2.75, 3.05) is 25.1 Å². The van der Waals surface area contributed by atoms with E-state index in [1.165, 1.54) is 0 Å². The van der Waals surface area contributed by atoms with Crippen LogP contribution in [0.2, 0.25) is 5.02 Å². The van der Waals surface area contributed by atoms with Gasteiger partial charge in [0.1, 0.15) is 5.41 Å². The molecule has 1 aliphatic heterocycles. The quantitative estimate of drug-likeness (QED) is 0.838. The molecule has 1 heterocycles. The molecular weight excluding hydrogens is 230 g/mol. The summed E-state index contributed by atoms with van der Waals surface area (Å²) in [6, 6.07) is 6.82. The van der Waals surface area contributed by atoms with Crippen LogP contribution < -0.4 is 5.32 Å². The highest BCUT2D eigenvalue weighted by molar-refractivity contribution is 6.30. The average molecular weight is 242 g/mol. The topological polar surface area (TPSA) is 58.6 Å². The normalized spacial score (nSPS) is 17.6. The van der Waals surface area contributed by atoms with E-state index in [1.807, 2.05) is 0 Å². The Labute approximate surface area is 98.2 Å². The second-order valence-corrected chi connectivity index (χ2v) is 4.33. The largest absolute Gasteiger partial charge is 0.395 e. The number of carbonyl (C=O) groups is 1. The molecule has 0 atom stereocenters. The fourth-order valence-corrected chi connectivity index (χ4v) is 1.57. The molecule has 0 saturated carbocycles. The van der Waals surface area contributed by atoms with Gasteiger partial charge in [0.15, 0.2) is 0 Å². The number of aliphatic hydroxyl groups is 1. The van der Waals surface area contributed by atoms with E-state index in [9.17, 15) is 4.79 Å². The van der Waals surface area contributed by atoms with E-state index >= 15 is 0 Å². The molecule has 4 nitrogen and oxygen atoms in total. The molecular formula is C11H12ClNO3. The van der Waals surface area contributed by atoms with Gasteiger partial charge >= 0.3 is 0 Å². The number of benzene rings is 1. The fourth-order valence-electron chi connectivity index (χ4n) is 1.44. The zero-order valence-electron chi connectivity index (χ0n) is 8.57. The Balaban J connectivity index is 2.04. The molecule has 1 aliphatic rings. The lowest BCUT2D eigenvalue weighted by molar-refractivity contribution is -0.164. The van der Waals surface area contributed by atoms with Crippen molar-refractivity contribution in [2.24, 2.45) is 5.41 Å². The van der Waals surface area contributed by atoms with E-state index in [0.717, 1.165) is 0 Å². The van der Waals surface area contributed by atoms with Crippen molar-refractivity contribution in [2.45, 2.75) is 0 Å². The Morgan fingerprint density at radius 1 is 1.44 bits per heavy atom. The van der Waals surface area contributed by atoms with Crippen molar-refractivity contribution in [1.82, 2.24) is 0 Å². The van der Waals surface area contributed by atoms with Gasteiger partial charge < -0.3 is 15.2 Å². The highest BCUT2D eigenvalue weighted by Gasteiger charge is 2.45. The lowest BCUT2D eigenvalue weighted by Crippen LogP contribution is -2.54. The summed E-state index contributed by atoms with van der Waals surface area (Å²) in [6.45, 7) is 0.332. The van der Waals surface area contributed by atoms with Gasteiger partial charge in [-0.25, -0.2) is 0 Å². The monoisotopic (exact) mass is 241 g/mol. The maximum atomic E-state index is 11.8. The van der Waals surface area contributed by atoms with Crippen molar-refractivity contribution in [1.29, 1.82) is 0 Å². The van der Waals surface area contributed by atoms with Crippen LogP contribution in [-0.2, 0) is 9.53 Å². The summed E-state index contributed by atoms with van der Waals surface area (Å²) in [5.41, 5.74) is -0.117. The molecule has 0 spiro atoms. The number of ether oxygens (including phenoxy) is 1. The van der Waals surface area contributed by atoms with E-state index in [1.54, 1.807) is 24.3 Å². The first-order chi connectivity index (χ1) is 7.66. The van der Waals surface area contributed by atoms with Gasteiger partial charge in [-0.05, 0) is 24.3 Å². The summed E-state index contributed by atoms with van der Waals surface area (Å²) in [7, 11) is 0. The van der Waals surface area contributed by atoms with Crippen LogP contribution in [0.5, 0.6) is 0 Å². The standard InChI is InChI=1S/C11H12ClNO3/c12-8-1-3-9(4-2-8)13-10(15)11(5-14)6-16-7-11/h1-4,14H,5-7H2,(H,13,15). The SMILES string of the molecule is O=C(Nc1ccc(Cl)cc1)C1(CO)COC1. The number of rotatable bonds is 3. The second kappa shape index (κ2) is 4.41. The minimum Gasteiger partial charge on any atom is -0.395 e. The first-order valence-corrected chi connectivity index (χ1v) is 5.30. The molecule has 0 aliphatic carbocycles. The lowest BCUT2D eigenvalue weighted by Gasteiger charge is -2.37. The van der Waals surface area contributed by atoms with Crippen LogP contribution in [0.25, 0.3) is 0 Å². The Morgan fingerprint density at radius 2 is 2.06 bits per heavy atom. The average Bonchev–Trinajstić information content (AvgIpc) is 2.21. The molecule has 1 amide bonds. The molecule has 5 heteroatoms. The van der Waals surface area contributed by atoms with Crippen LogP contribution in [0.1, 0.15) is 0 Å². The zero-order valence-corrected chi connectivity index (χ0v) is 9.33. The Hall–Kier alpha value is -1.10. The van der Waals surface area contributed by atoms with E-state index in [2.05, 4.69) is 5.32 Å². The summed E-state index contributed by atoms with van der Waals surface area (Å²) in [5, 5.41) is 12.5. The van der Waals surface area contributed by atoms with Crippen LogP contribution in [0, 0.1) is 5.41 Å². The fraction of sp³-hybridized carbons (Fsp3) is 0.364. The number of hydrogen-bond donors (Lipinski definition) is 2. The van der Waals surface area contributed by atoms with Crippen LogP contribution in [0.4, 0.5) is 5.69 Å².